The van der Waals surface area contributed by atoms with Crippen molar-refractivity contribution in [2.45, 2.75) is 37.8 Å². The third kappa shape index (κ3) is 3.08. The van der Waals surface area contributed by atoms with Gasteiger partial charge in [-0.1, -0.05) is 29.8 Å². The summed E-state index contributed by atoms with van der Waals surface area (Å²) in [7, 11) is 0. The molecule has 1 fully saturated rings. The number of rotatable bonds is 4. The minimum Gasteiger partial charge on any atom is -0.348 e. The molecular weight excluding hydrogens is 398 g/mol. The smallest absolute Gasteiger partial charge is 0.325 e. The number of fused-ring (bicyclic) bond motifs is 2. The summed E-state index contributed by atoms with van der Waals surface area (Å²) in [4.78, 5) is 40.3. The normalized spacial score (nSPS) is 22.1. The molecule has 0 radical (unpaired) electrons. The lowest BCUT2D eigenvalue weighted by molar-refractivity contribution is -0.135. The first-order valence-corrected chi connectivity index (χ1v) is 10.4. The molecule has 1 aromatic heterocycles. The first-order chi connectivity index (χ1) is 13.4. The van der Waals surface area contributed by atoms with Crippen molar-refractivity contribution in [1.82, 2.24) is 15.5 Å². The monoisotopic (exact) mass is 417 g/mol. The molecule has 0 unspecified atom stereocenters. The van der Waals surface area contributed by atoms with Crippen LogP contribution in [0.3, 0.4) is 0 Å². The van der Waals surface area contributed by atoms with E-state index in [0.29, 0.717) is 11.4 Å². The number of thiophene rings is 1. The molecule has 2 aromatic rings. The van der Waals surface area contributed by atoms with Crippen molar-refractivity contribution in [3.8, 4) is 0 Å². The fourth-order valence-electron chi connectivity index (χ4n) is 4.02. The number of nitrogens with zero attached hydrogens (tertiary/aromatic N) is 1. The standard InChI is InChI=1S/C20H20ClN3O3S/c1-12(13-5-2-3-6-15(13)21)22-17(25)11-24-18(26)20(23-19(24)27)9-4-7-16-14(20)8-10-28-16/h2-3,5-6,8,10,12H,4,7,9,11H2,1H3,(H,22,25)(H,23,27)/t12-,20-/m1/s1. The van der Waals surface area contributed by atoms with E-state index in [9.17, 15) is 14.4 Å². The number of carbonyl (C=O) groups is 3. The average molecular weight is 418 g/mol. The number of halogens is 1. The summed E-state index contributed by atoms with van der Waals surface area (Å²) in [6.07, 6.45) is 2.28. The SMILES string of the molecule is C[C@@H](NC(=O)CN1C(=O)N[C@@]2(CCCc3sccc32)C1=O)c1ccccc1Cl. The second kappa shape index (κ2) is 7.22. The highest BCUT2D eigenvalue weighted by Crippen LogP contribution is 2.42. The summed E-state index contributed by atoms with van der Waals surface area (Å²) in [5, 5.41) is 8.16. The molecule has 4 rings (SSSR count). The zero-order chi connectivity index (χ0) is 19.9. The van der Waals surface area contributed by atoms with Gasteiger partial charge in [-0.25, -0.2) is 4.79 Å². The lowest BCUT2D eigenvalue weighted by Gasteiger charge is -2.31. The summed E-state index contributed by atoms with van der Waals surface area (Å²) in [6.45, 7) is 1.49. The van der Waals surface area contributed by atoms with E-state index >= 15 is 0 Å². The number of hydrogen-bond donors (Lipinski definition) is 2. The highest BCUT2D eigenvalue weighted by atomic mass is 35.5. The van der Waals surface area contributed by atoms with Crippen LogP contribution in [0.4, 0.5) is 4.79 Å². The molecule has 6 nitrogen and oxygen atoms in total. The van der Waals surface area contributed by atoms with Crippen LogP contribution in [0.2, 0.25) is 5.02 Å². The van der Waals surface area contributed by atoms with Gasteiger partial charge < -0.3 is 10.6 Å². The third-order valence-corrected chi connectivity index (χ3v) is 6.71. The van der Waals surface area contributed by atoms with Crippen molar-refractivity contribution in [2.24, 2.45) is 0 Å². The second-order valence-electron chi connectivity index (χ2n) is 7.15. The Morgan fingerprint density at radius 2 is 2.14 bits per heavy atom. The lowest BCUT2D eigenvalue weighted by atomic mass is 9.80. The Bertz CT molecular complexity index is 960. The predicted octanol–water partition coefficient (Wildman–Crippen LogP) is 3.36. The van der Waals surface area contributed by atoms with Crippen LogP contribution < -0.4 is 10.6 Å². The quantitative estimate of drug-likeness (QED) is 0.748. The van der Waals surface area contributed by atoms with E-state index in [2.05, 4.69) is 10.6 Å². The van der Waals surface area contributed by atoms with Gasteiger partial charge in [-0.05, 0) is 49.3 Å². The van der Waals surface area contributed by atoms with Gasteiger partial charge in [-0.15, -0.1) is 11.3 Å². The molecule has 28 heavy (non-hydrogen) atoms. The van der Waals surface area contributed by atoms with Crippen LogP contribution in [0, 0.1) is 0 Å². The summed E-state index contributed by atoms with van der Waals surface area (Å²) < 4.78 is 0. The van der Waals surface area contributed by atoms with Crippen LogP contribution >= 0.6 is 22.9 Å². The van der Waals surface area contributed by atoms with Gasteiger partial charge in [0.25, 0.3) is 5.91 Å². The van der Waals surface area contributed by atoms with Crippen LogP contribution in [0.1, 0.15) is 41.8 Å². The molecule has 2 N–H and O–H groups in total. The molecule has 2 heterocycles. The molecule has 2 atom stereocenters. The number of benzene rings is 1. The Balaban J connectivity index is 1.49. The van der Waals surface area contributed by atoms with Crippen molar-refractivity contribution in [2.75, 3.05) is 6.54 Å². The summed E-state index contributed by atoms with van der Waals surface area (Å²) in [5.74, 6) is -0.758. The van der Waals surface area contributed by atoms with Gasteiger partial charge in [-0.2, -0.15) is 0 Å². The zero-order valence-corrected chi connectivity index (χ0v) is 16.9. The molecule has 0 saturated carbocycles. The van der Waals surface area contributed by atoms with Gasteiger partial charge in [0.2, 0.25) is 5.91 Å². The second-order valence-corrected chi connectivity index (χ2v) is 8.56. The third-order valence-electron chi connectivity index (χ3n) is 5.39. The first-order valence-electron chi connectivity index (χ1n) is 9.17. The van der Waals surface area contributed by atoms with E-state index in [1.54, 1.807) is 17.4 Å². The topological polar surface area (TPSA) is 78.5 Å². The summed E-state index contributed by atoms with van der Waals surface area (Å²) >= 11 is 7.77. The number of imide groups is 1. The fraction of sp³-hybridized carbons (Fsp3) is 0.350. The molecule has 0 bridgehead atoms. The number of hydrogen-bond acceptors (Lipinski definition) is 4. The maximum atomic E-state index is 13.1. The van der Waals surface area contributed by atoms with Crippen molar-refractivity contribution in [3.63, 3.8) is 0 Å². The van der Waals surface area contributed by atoms with Crippen LogP contribution in [-0.2, 0) is 21.5 Å². The molecule has 146 valence electrons. The number of carbonyl (C=O) groups excluding carboxylic acids is 3. The van der Waals surface area contributed by atoms with Crippen molar-refractivity contribution >= 4 is 40.8 Å². The molecule has 1 aromatic carbocycles. The van der Waals surface area contributed by atoms with Crippen molar-refractivity contribution < 1.29 is 14.4 Å². The Hall–Kier alpha value is -2.38. The van der Waals surface area contributed by atoms with Gasteiger partial charge in [-0.3, -0.25) is 14.5 Å². The largest absolute Gasteiger partial charge is 0.348 e. The molecule has 1 spiro atoms. The van der Waals surface area contributed by atoms with Crippen LogP contribution in [-0.4, -0.2) is 29.3 Å². The van der Waals surface area contributed by atoms with E-state index in [-0.39, 0.29) is 18.5 Å². The summed E-state index contributed by atoms with van der Waals surface area (Å²) in [6, 6.07) is 8.28. The maximum Gasteiger partial charge on any atom is 0.325 e. The fourth-order valence-corrected chi connectivity index (χ4v) is 5.32. The Labute approximate surface area is 171 Å². The molecule has 1 aliphatic carbocycles. The Morgan fingerprint density at radius 3 is 2.93 bits per heavy atom. The molecule has 4 amide bonds. The number of urea groups is 1. The molecule has 1 saturated heterocycles. The molecule has 1 aliphatic heterocycles. The van der Waals surface area contributed by atoms with Crippen LogP contribution in [0.15, 0.2) is 35.7 Å². The maximum absolute atomic E-state index is 13.1. The van der Waals surface area contributed by atoms with Gasteiger partial charge in [0.15, 0.2) is 0 Å². The average Bonchev–Trinajstić information content (AvgIpc) is 3.23. The molecule has 8 heteroatoms. The predicted molar refractivity (Wildman–Crippen MR) is 107 cm³/mol. The van der Waals surface area contributed by atoms with E-state index in [0.717, 1.165) is 33.7 Å². The summed E-state index contributed by atoms with van der Waals surface area (Å²) in [5.41, 5.74) is 0.620. The number of aryl methyl sites for hydroxylation is 1. The van der Waals surface area contributed by atoms with Crippen molar-refractivity contribution in [1.29, 1.82) is 0 Å². The highest BCUT2D eigenvalue weighted by Gasteiger charge is 2.54. The highest BCUT2D eigenvalue weighted by molar-refractivity contribution is 7.10. The lowest BCUT2D eigenvalue weighted by Crippen LogP contribution is -2.47. The van der Waals surface area contributed by atoms with E-state index in [1.807, 2.05) is 36.6 Å². The Kier molecular flexibility index (Phi) is 4.89. The minimum atomic E-state index is -1.03. The van der Waals surface area contributed by atoms with E-state index in [4.69, 9.17) is 11.6 Å². The zero-order valence-electron chi connectivity index (χ0n) is 15.3. The van der Waals surface area contributed by atoms with Gasteiger partial charge in [0, 0.05) is 15.5 Å². The number of nitrogens with one attached hydrogen (secondary N) is 2. The molecule has 2 aliphatic rings. The first kappa shape index (κ1) is 19.0. The Morgan fingerprint density at radius 1 is 1.36 bits per heavy atom. The van der Waals surface area contributed by atoms with Gasteiger partial charge >= 0.3 is 6.03 Å². The van der Waals surface area contributed by atoms with E-state index in [1.165, 1.54) is 0 Å². The van der Waals surface area contributed by atoms with Crippen molar-refractivity contribution in [3.05, 3.63) is 56.7 Å². The van der Waals surface area contributed by atoms with E-state index < -0.39 is 17.5 Å². The van der Waals surface area contributed by atoms with Crippen LogP contribution in [0.5, 0.6) is 0 Å². The van der Waals surface area contributed by atoms with Gasteiger partial charge in [0.1, 0.15) is 12.1 Å². The minimum absolute atomic E-state index is 0.319. The number of amides is 4. The molecular formula is C20H20ClN3O3S. The van der Waals surface area contributed by atoms with Crippen LogP contribution in [0.25, 0.3) is 0 Å². The van der Waals surface area contributed by atoms with Gasteiger partial charge in [0.05, 0.1) is 6.04 Å².